The van der Waals surface area contributed by atoms with Gasteiger partial charge in [-0.3, -0.25) is 0 Å². The van der Waals surface area contributed by atoms with Gasteiger partial charge in [0.05, 0.1) is 6.10 Å². The van der Waals surface area contributed by atoms with Crippen molar-refractivity contribution in [1.82, 2.24) is 15.0 Å². The van der Waals surface area contributed by atoms with Crippen molar-refractivity contribution in [2.45, 2.75) is 53.2 Å². The van der Waals surface area contributed by atoms with Crippen LogP contribution in [0.2, 0.25) is 0 Å². The molecule has 1 N–H and O–H groups in total. The van der Waals surface area contributed by atoms with Gasteiger partial charge in [-0.05, 0) is 43.4 Å². The van der Waals surface area contributed by atoms with Gasteiger partial charge in [0.1, 0.15) is 18.0 Å². The number of rotatable bonds is 9. The standard InChI is InChI=1S/C27H31N3O2/c1-18(2)14-24-26(31-17-20-10-6-5-7-11-20)29-25(27(30-24)32-19(3)4)15-21-16-28-23-13-9-8-12-22(21)23/h5-13,16,18-19,28H,14-15,17H2,1-4H3. The van der Waals surface area contributed by atoms with Crippen LogP contribution in [0.5, 0.6) is 11.8 Å². The molecule has 0 aliphatic rings. The third kappa shape index (κ3) is 5.28. The Morgan fingerprint density at radius 1 is 0.844 bits per heavy atom. The number of aromatic nitrogens is 3. The zero-order valence-corrected chi connectivity index (χ0v) is 19.3. The summed E-state index contributed by atoms with van der Waals surface area (Å²) in [4.78, 5) is 13.2. The summed E-state index contributed by atoms with van der Waals surface area (Å²) >= 11 is 0. The summed E-state index contributed by atoms with van der Waals surface area (Å²) in [7, 11) is 0. The first kappa shape index (κ1) is 21.9. The Morgan fingerprint density at radius 3 is 2.31 bits per heavy atom. The summed E-state index contributed by atoms with van der Waals surface area (Å²) in [6, 6.07) is 18.4. The van der Waals surface area contributed by atoms with E-state index >= 15 is 0 Å². The second-order valence-electron chi connectivity index (χ2n) is 8.80. The number of para-hydroxylation sites is 1. The lowest BCUT2D eigenvalue weighted by Crippen LogP contribution is -2.14. The van der Waals surface area contributed by atoms with E-state index in [9.17, 15) is 0 Å². The van der Waals surface area contributed by atoms with Crippen LogP contribution in [0.25, 0.3) is 10.9 Å². The SMILES string of the molecule is CC(C)Cc1nc(OC(C)C)c(Cc2c[nH]c3ccccc23)nc1OCc1ccccc1. The van der Waals surface area contributed by atoms with Crippen LogP contribution in [0, 0.1) is 5.92 Å². The van der Waals surface area contributed by atoms with Gasteiger partial charge in [0, 0.05) is 23.5 Å². The minimum absolute atomic E-state index is 0.00834. The van der Waals surface area contributed by atoms with Crippen molar-refractivity contribution in [3.8, 4) is 11.8 Å². The zero-order valence-electron chi connectivity index (χ0n) is 19.3. The summed E-state index contributed by atoms with van der Waals surface area (Å²) in [5, 5.41) is 1.18. The van der Waals surface area contributed by atoms with Crippen LogP contribution in [0.15, 0.2) is 60.8 Å². The van der Waals surface area contributed by atoms with Gasteiger partial charge in [-0.1, -0.05) is 62.4 Å². The number of nitrogens with zero attached hydrogens (tertiary/aromatic N) is 2. The molecule has 32 heavy (non-hydrogen) atoms. The molecule has 0 aliphatic carbocycles. The fourth-order valence-electron chi connectivity index (χ4n) is 3.72. The molecule has 0 fully saturated rings. The van der Waals surface area contributed by atoms with Crippen molar-refractivity contribution < 1.29 is 9.47 Å². The van der Waals surface area contributed by atoms with Gasteiger partial charge in [-0.2, -0.15) is 0 Å². The number of ether oxygens (including phenoxy) is 2. The van der Waals surface area contributed by atoms with E-state index < -0.39 is 0 Å². The smallest absolute Gasteiger partial charge is 0.236 e. The van der Waals surface area contributed by atoms with Crippen LogP contribution >= 0.6 is 0 Å². The first-order valence-corrected chi connectivity index (χ1v) is 11.3. The molecule has 0 bridgehead atoms. The molecule has 0 spiro atoms. The molecule has 0 atom stereocenters. The average molecular weight is 430 g/mol. The van der Waals surface area contributed by atoms with E-state index in [0.717, 1.165) is 34.5 Å². The van der Waals surface area contributed by atoms with Gasteiger partial charge < -0.3 is 14.5 Å². The lowest BCUT2D eigenvalue weighted by Gasteiger charge is -2.18. The van der Waals surface area contributed by atoms with E-state index in [1.807, 2.05) is 44.3 Å². The molecule has 0 amide bonds. The second-order valence-corrected chi connectivity index (χ2v) is 8.80. The van der Waals surface area contributed by atoms with Gasteiger partial charge in [0.15, 0.2) is 0 Å². The van der Waals surface area contributed by atoms with Crippen LogP contribution in [-0.2, 0) is 19.4 Å². The Labute approximate surface area is 189 Å². The monoisotopic (exact) mass is 429 g/mol. The molecular formula is C27H31N3O2. The number of hydrogen-bond donors (Lipinski definition) is 1. The fourth-order valence-corrected chi connectivity index (χ4v) is 3.72. The normalized spacial score (nSPS) is 11.4. The van der Waals surface area contributed by atoms with Crippen LogP contribution in [0.4, 0.5) is 0 Å². The molecule has 0 aliphatic heterocycles. The number of hydrogen-bond acceptors (Lipinski definition) is 4. The molecule has 2 heterocycles. The Bertz CT molecular complexity index is 1170. The minimum atomic E-state index is 0.00834. The first-order valence-electron chi connectivity index (χ1n) is 11.3. The van der Waals surface area contributed by atoms with E-state index in [1.165, 1.54) is 5.39 Å². The Morgan fingerprint density at radius 2 is 1.56 bits per heavy atom. The fraction of sp³-hybridized carbons (Fsp3) is 0.333. The van der Waals surface area contributed by atoms with Gasteiger partial charge in [0.2, 0.25) is 11.8 Å². The molecule has 2 aromatic carbocycles. The van der Waals surface area contributed by atoms with Crippen LogP contribution < -0.4 is 9.47 Å². The highest BCUT2D eigenvalue weighted by molar-refractivity contribution is 5.83. The highest BCUT2D eigenvalue weighted by Crippen LogP contribution is 2.29. The van der Waals surface area contributed by atoms with Crippen LogP contribution in [0.3, 0.4) is 0 Å². The van der Waals surface area contributed by atoms with E-state index in [4.69, 9.17) is 19.4 Å². The largest absolute Gasteiger partial charge is 0.474 e. The zero-order chi connectivity index (χ0) is 22.5. The Balaban J connectivity index is 1.71. The van der Waals surface area contributed by atoms with Gasteiger partial charge in [0.25, 0.3) is 0 Å². The molecule has 4 rings (SSSR count). The van der Waals surface area contributed by atoms with Crippen molar-refractivity contribution in [1.29, 1.82) is 0 Å². The number of nitrogens with one attached hydrogen (secondary N) is 1. The molecule has 5 nitrogen and oxygen atoms in total. The third-order valence-corrected chi connectivity index (χ3v) is 5.17. The maximum atomic E-state index is 6.19. The minimum Gasteiger partial charge on any atom is -0.474 e. The van der Waals surface area contributed by atoms with Crippen molar-refractivity contribution in [3.05, 3.63) is 83.3 Å². The number of H-pyrrole nitrogens is 1. The van der Waals surface area contributed by atoms with E-state index in [0.29, 0.717) is 30.7 Å². The predicted octanol–water partition coefficient (Wildman–Crippen LogP) is 6.11. The molecule has 0 saturated carbocycles. The first-order chi connectivity index (χ1) is 15.5. The molecule has 0 unspecified atom stereocenters. The Hall–Kier alpha value is -3.34. The molecule has 0 saturated heterocycles. The molecule has 5 heteroatoms. The molecule has 2 aromatic heterocycles. The lowest BCUT2D eigenvalue weighted by atomic mass is 10.1. The van der Waals surface area contributed by atoms with E-state index in [2.05, 4.69) is 49.2 Å². The lowest BCUT2D eigenvalue weighted by molar-refractivity contribution is 0.224. The van der Waals surface area contributed by atoms with E-state index in [1.54, 1.807) is 0 Å². The number of benzene rings is 2. The summed E-state index contributed by atoms with van der Waals surface area (Å²) in [5.74, 6) is 1.61. The second kappa shape index (κ2) is 9.86. The van der Waals surface area contributed by atoms with Crippen LogP contribution in [-0.4, -0.2) is 21.1 Å². The maximum absolute atomic E-state index is 6.19. The van der Waals surface area contributed by atoms with Gasteiger partial charge in [-0.25, -0.2) is 9.97 Å². The summed E-state index contributed by atoms with van der Waals surface area (Å²) in [6.45, 7) is 8.83. The van der Waals surface area contributed by atoms with Crippen LogP contribution in [0.1, 0.15) is 50.2 Å². The van der Waals surface area contributed by atoms with Crippen molar-refractivity contribution in [2.75, 3.05) is 0 Å². The summed E-state index contributed by atoms with van der Waals surface area (Å²) in [5.41, 5.74) is 5.01. The van der Waals surface area contributed by atoms with Crippen molar-refractivity contribution >= 4 is 10.9 Å². The average Bonchev–Trinajstić information content (AvgIpc) is 3.17. The van der Waals surface area contributed by atoms with Crippen molar-refractivity contribution in [3.63, 3.8) is 0 Å². The van der Waals surface area contributed by atoms with Crippen molar-refractivity contribution in [2.24, 2.45) is 5.92 Å². The van der Waals surface area contributed by atoms with Gasteiger partial charge in [-0.15, -0.1) is 0 Å². The topological polar surface area (TPSA) is 60.0 Å². The molecule has 0 radical (unpaired) electrons. The van der Waals surface area contributed by atoms with Gasteiger partial charge >= 0.3 is 0 Å². The molecular weight excluding hydrogens is 398 g/mol. The predicted molar refractivity (Wildman–Crippen MR) is 128 cm³/mol. The third-order valence-electron chi connectivity index (χ3n) is 5.17. The highest BCUT2D eigenvalue weighted by Gasteiger charge is 2.19. The maximum Gasteiger partial charge on any atom is 0.236 e. The summed E-state index contributed by atoms with van der Waals surface area (Å²) < 4.78 is 12.3. The highest BCUT2D eigenvalue weighted by atomic mass is 16.5. The molecule has 4 aromatic rings. The Kier molecular flexibility index (Phi) is 6.74. The number of fused-ring (bicyclic) bond motifs is 1. The quantitative estimate of drug-likeness (QED) is 0.348. The summed E-state index contributed by atoms with van der Waals surface area (Å²) in [6.07, 6.45) is 3.44. The molecule has 166 valence electrons. The van der Waals surface area contributed by atoms with E-state index in [-0.39, 0.29) is 6.10 Å². The number of aromatic amines is 1.